The molecule has 0 radical (unpaired) electrons. The van der Waals surface area contributed by atoms with Gasteiger partial charge in [-0.3, -0.25) is 0 Å². The van der Waals surface area contributed by atoms with Crippen LogP contribution >= 0.6 is 11.3 Å². The van der Waals surface area contributed by atoms with E-state index < -0.39 is 5.97 Å². The Morgan fingerprint density at radius 2 is 2.00 bits per heavy atom. The molecule has 0 aliphatic carbocycles. The first-order chi connectivity index (χ1) is 9.65. The van der Waals surface area contributed by atoms with Gasteiger partial charge in [0.05, 0.1) is 14.2 Å². The van der Waals surface area contributed by atoms with Gasteiger partial charge in [-0.05, 0) is 29.6 Å². The van der Waals surface area contributed by atoms with Crippen LogP contribution < -0.4 is 14.2 Å². The molecule has 2 aromatic rings. The molecule has 1 N–H and O–H groups in total. The summed E-state index contributed by atoms with van der Waals surface area (Å²) >= 11 is 1.13. The van der Waals surface area contributed by atoms with Crippen LogP contribution in [-0.4, -0.2) is 25.3 Å². The van der Waals surface area contributed by atoms with E-state index in [9.17, 15) is 4.79 Å². The average molecular weight is 294 g/mol. The summed E-state index contributed by atoms with van der Waals surface area (Å²) in [5, 5.41) is 10.7. The lowest BCUT2D eigenvalue weighted by Crippen LogP contribution is -2.02. The van der Waals surface area contributed by atoms with Crippen molar-refractivity contribution < 1.29 is 24.1 Å². The molecule has 2 rings (SSSR count). The Labute approximate surface area is 120 Å². The van der Waals surface area contributed by atoms with Crippen molar-refractivity contribution in [3.8, 4) is 17.2 Å². The van der Waals surface area contributed by atoms with Crippen LogP contribution in [0.5, 0.6) is 17.2 Å². The second-order valence-electron chi connectivity index (χ2n) is 3.89. The van der Waals surface area contributed by atoms with Crippen LogP contribution in [0.1, 0.15) is 15.2 Å². The first-order valence-electron chi connectivity index (χ1n) is 5.80. The Morgan fingerprint density at radius 1 is 1.20 bits per heavy atom. The third kappa shape index (κ3) is 3.03. The number of benzene rings is 1. The van der Waals surface area contributed by atoms with E-state index in [0.29, 0.717) is 17.2 Å². The monoisotopic (exact) mass is 294 g/mol. The van der Waals surface area contributed by atoms with Gasteiger partial charge in [0.2, 0.25) is 0 Å². The second-order valence-corrected chi connectivity index (χ2v) is 4.80. The number of rotatable bonds is 6. The molecular weight excluding hydrogens is 280 g/mol. The van der Waals surface area contributed by atoms with Crippen molar-refractivity contribution in [3.05, 3.63) is 40.1 Å². The fourth-order valence-corrected chi connectivity index (χ4v) is 2.39. The van der Waals surface area contributed by atoms with Crippen molar-refractivity contribution >= 4 is 17.3 Å². The van der Waals surface area contributed by atoms with Gasteiger partial charge in [0.25, 0.3) is 0 Å². The van der Waals surface area contributed by atoms with Gasteiger partial charge in [-0.15, -0.1) is 11.3 Å². The number of methoxy groups -OCH3 is 2. The molecule has 0 saturated heterocycles. The maximum Gasteiger partial charge on any atom is 0.349 e. The molecule has 0 amide bonds. The van der Waals surface area contributed by atoms with Gasteiger partial charge >= 0.3 is 5.97 Å². The number of hydrogen-bond donors (Lipinski definition) is 1. The van der Waals surface area contributed by atoms with Crippen LogP contribution in [0.15, 0.2) is 29.6 Å². The molecule has 0 atom stereocenters. The molecule has 0 aliphatic heterocycles. The standard InChI is InChI=1S/C14H14O5S/c1-17-10-3-4-11(18-2)9(7-10)8-19-12-5-6-20-13(12)14(15)16/h3-7H,8H2,1-2H3,(H,15,16). The first kappa shape index (κ1) is 14.2. The zero-order valence-electron chi connectivity index (χ0n) is 11.1. The summed E-state index contributed by atoms with van der Waals surface area (Å²) in [4.78, 5) is 11.2. The van der Waals surface area contributed by atoms with Crippen molar-refractivity contribution in [3.63, 3.8) is 0 Å². The minimum atomic E-state index is -0.993. The van der Waals surface area contributed by atoms with E-state index in [1.54, 1.807) is 43.9 Å². The van der Waals surface area contributed by atoms with Crippen molar-refractivity contribution in [1.82, 2.24) is 0 Å². The molecule has 1 aromatic carbocycles. The number of thiophene rings is 1. The average Bonchev–Trinajstić information content (AvgIpc) is 2.93. The van der Waals surface area contributed by atoms with Crippen LogP contribution in [0.3, 0.4) is 0 Å². The molecule has 0 spiro atoms. The molecule has 1 aromatic heterocycles. The Hall–Kier alpha value is -2.21. The van der Waals surface area contributed by atoms with Crippen molar-refractivity contribution in [2.24, 2.45) is 0 Å². The lowest BCUT2D eigenvalue weighted by molar-refractivity contribution is 0.0697. The molecule has 0 aliphatic rings. The Morgan fingerprint density at radius 3 is 2.65 bits per heavy atom. The van der Waals surface area contributed by atoms with Crippen LogP contribution in [0, 0.1) is 0 Å². The van der Waals surface area contributed by atoms with Crippen molar-refractivity contribution in [1.29, 1.82) is 0 Å². The lowest BCUT2D eigenvalue weighted by Gasteiger charge is -2.11. The van der Waals surface area contributed by atoms with Gasteiger partial charge in [-0.25, -0.2) is 4.79 Å². The van der Waals surface area contributed by atoms with Gasteiger partial charge in [0.15, 0.2) is 4.88 Å². The van der Waals surface area contributed by atoms with E-state index in [4.69, 9.17) is 19.3 Å². The summed E-state index contributed by atoms with van der Waals surface area (Å²) in [6.45, 7) is 0.206. The molecule has 20 heavy (non-hydrogen) atoms. The summed E-state index contributed by atoms with van der Waals surface area (Å²) < 4.78 is 16.0. The van der Waals surface area contributed by atoms with Crippen molar-refractivity contribution in [2.75, 3.05) is 14.2 Å². The predicted molar refractivity (Wildman–Crippen MR) is 75.2 cm³/mol. The number of carboxylic acids is 1. The van der Waals surface area contributed by atoms with Gasteiger partial charge in [-0.2, -0.15) is 0 Å². The van der Waals surface area contributed by atoms with Gasteiger partial charge in [0, 0.05) is 5.56 Å². The van der Waals surface area contributed by atoms with Crippen LogP contribution in [0.2, 0.25) is 0 Å². The third-order valence-corrected chi connectivity index (χ3v) is 3.58. The quantitative estimate of drug-likeness (QED) is 0.887. The number of carboxylic acid groups (broad SMARTS) is 1. The molecule has 0 bridgehead atoms. The highest BCUT2D eigenvalue weighted by Crippen LogP contribution is 2.28. The maximum absolute atomic E-state index is 11.0. The highest BCUT2D eigenvalue weighted by molar-refractivity contribution is 7.12. The highest BCUT2D eigenvalue weighted by Gasteiger charge is 2.14. The smallest absolute Gasteiger partial charge is 0.349 e. The normalized spacial score (nSPS) is 10.1. The summed E-state index contributed by atoms with van der Waals surface area (Å²) in [5.74, 6) is 0.714. The minimum Gasteiger partial charge on any atom is -0.497 e. The highest BCUT2D eigenvalue weighted by atomic mass is 32.1. The number of aromatic carboxylic acids is 1. The molecule has 0 unspecified atom stereocenters. The van der Waals surface area contributed by atoms with Gasteiger partial charge in [-0.1, -0.05) is 0 Å². The van der Waals surface area contributed by atoms with E-state index in [-0.39, 0.29) is 11.5 Å². The van der Waals surface area contributed by atoms with Crippen molar-refractivity contribution in [2.45, 2.75) is 6.61 Å². The van der Waals surface area contributed by atoms with Crippen LogP contribution in [0.25, 0.3) is 0 Å². The molecule has 106 valence electrons. The molecule has 5 nitrogen and oxygen atoms in total. The largest absolute Gasteiger partial charge is 0.497 e. The van der Waals surface area contributed by atoms with E-state index in [1.807, 2.05) is 0 Å². The molecule has 0 fully saturated rings. The van der Waals surface area contributed by atoms with Gasteiger partial charge < -0.3 is 19.3 Å². The van der Waals surface area contributed by atoms with E-state index in [1.165, 1.54) is 0 Å². The molecule has 6 heteroatoms. The zero-order valence-corrected chi connectivity index (χ0v) is 11.9. The fraction of sp³-hybridized carbons (Fsp3) is 0.214. The zero-order chi connectivity index (χ0) is 14.5. The van der Waals surface area contributed by atoms with Crippen LogP contribution in [0.4, 0.5) is 0 Å². The van der Waals surface area contributed by atoms with Gasteiger partial charge in [0.1, 0.15) is 23.9 Å². The summed E-state index contributed by atoms with van der Waals surface area (Å²) in [6, 6.07) is 7.01. The fourth-order valence-electron chi connectivity index (χ4n) is 1.72. The minimum absolute atomic E-state index is 0.187. The van der Waals surface area contributed by atoms with E-state index >= 15 is 0 Å². The first-order valence-corrected chi connectivity index (χ1v) is 6.68. The third-order valence-electron chi connectivity index (χ3n) is 2.69. The summed E-state index contributed by atoms with van der Waals surface area (Å²) in [7, 11) is 3.15. The predicted octanol–water partition coefficient (Wildman–Crippen LogP) is 3.04. The Bertz CT molecular complexity index is 605. The molecular formula is C14H14O5S. The SMILES string of the molecule is COc1ccc(OC)c(COc2ccsc2C(=O)O)c1. The second kappa shape index (κ2) is 6.29. The molecule has 0 saturated carbocycles. The van der Waals surface area contributed by atoms with Crippen LogP contribution in [-0.2, 0) is 6.61 Å². The molecule has 1 heterocycles. The number of ether oxygens (including phenoxy) is 3. The van der Waals surface area contributed by atoms with E-state index in [0.717, 1.165) is 16.9 Å². The Kier molecular flexibility index (Phi) is 4.47. The summed E-state index contributed by atoms with van der Waals surface area (Å²) in [5.41, 5.74) is 0.786. The summed E-state index contributed by atoms with van der Waals surface area (Å²) in [6.07, 6.45) is 0. The lowest BCUT2D eigenvalue weighted by atomic mass is 10.2. The topological polar surface area (TPSA) is 65.0 Å². The maximum atomic E-state index is 11.0. The number of hydrogen-bond acceptors (Lipinski definition) is 5. The Balaban J connectivity index is 2.17. The van der Waals surface area contributed by atoms with E-state index in [2.05, 4.69) is 0 Å². The number of carbonyl (C=O) groups is 1.